The SMILES string of the molecule is Clc1[c-]cccc1.[I-].[Zn+2]. The molecule has 1 aromatic carbocycles. The zero-order chi connectivity index (χ0) is 5.11. The van der Waals surface area contributed by atoms with E-state index >= 15 is 0 Å². The molecule has 1 aromatic rings. The molecule has 3 heteroatoms. The first-order valence-electron chi connectivity index (χ1n) is 2.02. The summed E-state index contributed by atoms with van der Waals surface area (Å²) in [5.74, 6) is 0. The molecule has 0 aliphatic carbocycles. The monoisotopic (exact) mass is 302 g/mol. The Kier molecular flexibility index (Phi) is 9.71. The second-order valence-corrected chi connectivity index (χ2v) is 1.62. The first-order chi connectivity index (χ1) is 3.39. The molecule has 0 radical (unpaired) electrons. The molecule has 0 unspecified atom stereocenters. The number of benzene rings is 1. The van der Waals surface area contributed by atoms with Gasteiger partial charge in [0.05, 0.1) is 0 Å². The maximum atomic E-state index is 5.48. The van der Waals surface area contributed by atoms with E-state index in [1.807, 2.05) is 12.1 Å². The molecule has 0 nitrogen and oxygen atoms in total. The van der Waals surface area contributed by atoms with Gasteiger partial charge in [-0.25, -0.2) is 0 Å². The van der Waals surface area contributed by atoms with Crippen molar-refractivity contribution in [2.45, 2.75) is 0 Å². The van der Waals surface area contributed by atoms with Gasteiger partial charge < -0.3 is 24.0 Å². The van der Waals surface area contributed by atoms with Gasteiger partial charge in [0.2, 0.25) is 0 Å². The van der Waals surface area contributed by atoms with Crippen molar-refractivity contribution in [3.63, 3.8) is 0 Å². The van der Waals surface area contributed by atoms with Gasteiger partial charge in [-0.15, -0.1) is 11.6 Å². The van der Waals surface area contributed by atoms with Crippen LogP contribution in [-0.2, 0) is 19.5 Å². The zero-order valence-electron chi connectivity index (χ0n) is 4.77. The Morgan fingerprint density at radius 3 is 2.22 bits per heavy atom. The predicted octanol–water partition coefficient (Wildman–Crippen LogP) is -0.858. The van der Waals surface area contributed by atoms with Crippen molar-refractivity contribution >= 4 is 11.6 Å². The third kappa shape index (κ3) is 5.31. The maximum Gasteiger partial charge on any atom is 2.00 e. The number of rotatable bonds is 0. The molecule has 1 rings (SSSR count). The fourth-order valence-corrected chi connectivity index (χ4v) is 0.507. The topological polar surface area (TPSA) is 0 Å². The fourth-order valence-electron chi connectivity index (χ4n) is 0.371. The Hall–Kier alpha value is 0.863. The van der Waals surface area contributed by atoms with E-state index in [1.54, 1.807) is 12.1 Å². The number of halogens is 2. The molecule has 0 spiro atoms. The standard InChI is InChI=1S/C6H4Cl.HI.Zn/c7-6-4-2-1-3-5-6;;/h1-4H;1H;/q-1;;+2/p-1. The average molecular weight is 304 g/mol. The first-order valence-corrected chi connectivity index (χ1v) is 2.39. The molecular weight excluding hydrogens is 300 g/mol. The smallest absolute Gasteiger partial charge is 1.00 e. The Balaban J connectivity index is 0. The molecule has 0 atom stereocenters. The van der Waals surface area contributed by atoms with Crippen LogP contribution in [0, 0.1) is 6.07 Å². The second-order valence-electron chi connectivity index (χ2n) is 1.21. The molecule has 0 saturated carbocycles. The van der Waals surface area contributed by atoms with E-state index in [9.17, 15) is 0 Å². The summed E-state index contributed by atoms with van der Waals surface area (Å²) < 4.78 is 0. The van der Waals surface area contributed by atoms with E-state index in [0.29, 0.717) is 5.02 Å². The summed E-state index contributed by atoms with van der Waals surface area (Å²) in [7, 11) is 0. The summed E-state index contributed by atoms with van der Waals surface area (Å²) in [5, 5.41) is 0.669. The molecule has 44 valence electrons. The molecule has 0 bridgehead atoms. The van der Waals surface area contributed by atoms with Crippen LogP contribution in [0.1, 0.15) is 0 Å². The third-order valence-electron chi connectivity index (χ3n) is 0.671. The van der Waals surface area contributed by atoms with Gasteiger partial charge in [-0.05, 0) is 0 Å². The Bertz CT molecular complexity index is 143. The van der Waals surface area contributed by atoms with Crippen LogP contribution in [0.15, 0.2) is 24.3 Å². The summed E-state index contributed by atoms with van der Waals surface area (Å²) in [5.41, 5.74) is 0. The van der Waals surface area contributed by atoms with Gasteiger partial charge in [0.1, 0.15) is 0 Å². The van der Waals surface area contributed by atoms with Gasteiger partial charge >= 0.3 is 19.5 Å². The van der Waals surface area contributed by atoms with Crippen molar-refractivity contribution in [1.82, 2.24) is 0 Å². The van der Waals surface area contributed by atoms with Crippen LogP contribution >= 0.6 is 11.6 Å². The van der Waals surface area contributed by atoms with Crippen LogP contribution in [0.25, 0.3) is 0 Å². The van der Waals surface area contributed by atoms with Crippen molar-refractivity contribution in [2.75, 3.05) is 0 Å². The molecule has 9 heavy (non-hydrogen) atoms. The van der Waals surface area contributed by atoms with E-state index in [4.69, 9.17) is 11.6 Å². The van der Waals surface area contributed by atoms with Crippen molar-refractivity contribution in [1.29, 1.82) is 0 Å². The molecule has 0 aliphatic heterocycles. The van der Waals surface area contributed by atoms with Crippen molar-refractivity contribution < 1.29 is 43.5 Å². The van der Waals surface area contributed by atoms with Crippen LogP contribution in [0.5, 0.6) is 0 Å². The van der Waals surface area contributed by atoms with Crippen molar-refractivity contribution in [3.8, 4) is 0 Å². The molecule has 0 aliphatic rings. The van der Waals surface area contributed by atoms with Crippen LogP contribution in [0.2, 0.25) is 5.02 Å². The van der Waals surface area contributed by atoms with E-state index in [-0.39, 0.29) is 43.5 Å². The first kappa shape index (κ1) is 12.5. The van der Waals surface area contributed by atoms with Crippen LogP contribution in [-0.4, -0.2) is 0 Å². The van der Waals surface area contributed by atoms with Crippen molar-refractivity contribution in [2.24, 2.45) is 0 Å². The van der Waals surface area contributed by atoms with Crippen LogP contribution in [0.4, 0.5) is 0 Å². The fraction of sp³-hybridized carbons (Fsp3) is 0. The minimum absolute atomic E-state index is 0. The van der Waals surface area contributed by atoms with E-state index in [1.165, 1.54) is 0 Å². The molecule has 0 aromatic heterocycles. The zero-order valence-corrected chi connectivity index (χ0v) is 10.7. The summed E-state index contributed by atoms with van der Waals surface area (Å²) in [6.07, 6.45) is 0. The third-order valence-corrected chi connectivity index (χ3v) is 0.906. The van der Waals surface area contributed by atoms with E-state index in [2.05, 4.69) is 6.07 Å². The second kappa shape index (κ2) is 6.98. The minimum atomic E-state index is 0. The molecule has 0 N–H and O–H groups in total. The predicted molar refractivity (Wildman–Crippen MR) is 30.3 cm³/mol. The molecule has 0 saturated heterocycles. The van der Waals surface area contributed by atoms with Gasteiger partial charge in [-0.2, -0.15) is 30.3 Å². The Labute approximate surface area is 89.8 Å². The van der Waals surface area contributed by atoms with Gasteiger partial charge in [-0.1, -0.05) is 5.02 Å². The molecule has 0 amide bonds. The van der Waals surface area contributed by atoms with Crippen molar-refractivity contribution in [3.05, 3.63) is 35.4 Å². The van der Waals surface area contributed by atoms with Crippen LogP contribution < -0.4 is 24.0 Å². The minimum Gasteiger partial charge on any atom is -1.00 e. The number of hydrogen-bond acceptors (Lipinski definition) is 0. The molecule has 0 heterocycles. The van der Waals surface area contributed by atoms with Gasteiger partial charge in [0, 0.05) is 0 Å². The normalized spacial score (nSPS) is 6.78. The van der Waals surface area contributed by atoms with E-state index in [0.717, 1.165) is 0 Å². The van der Waals surface area contributed by atoms with Crippen LogP contribution in [0.3, 0.4) is 0 Å². The average Bonchev–Trinajstić information content (AvgIpc) is 1.69. The van der Waals surface area contributed by atoms with Gasteiger partial charge in [0.15, 0.2) is 0 Å². The maximum absolute atomic E-state index is 5.48. The van der Waals surface area contributed by atoms with E-state index < -0.39 is 0 Å². The summed E-state index contributed by atoms with van der Waals surface area (Å²) >= 11 is 5.48. The quantitative estimate of drug-likeness (QED) is 0.332. The summed E-state index contributed by atoms with van der Waals surface area (Å²) in [6, 6.07) is 10.1. The Morgan fingerprint density at radius 2 is 2.00 bits per heavy atom. The largest absolute Gasteiger partial charge is 2.00 e. The Morgan fingerprint density at radius 1 is 1.33 bits per heavy atom. The van der Waals surface area contributed by atoms with Gasteiger partial charge in [-0.3, -0.25) is 0 Å². The molecular formula is C6H4ClIZn. The van der Waals surface area contributed by atoms with Gasteiger partial charge in [0.25, 0.3) is 0 Å². The number of hydrogen-bond donors (Lipinski definition) is 0. The molecule has 0 fully saturated rings. The summed E-state index contributed by atoms with van der Waals surface area (Å²) in [4.78, 5) is 0. The summed E-state index contributed by atoms with van der Waals surface area (Å²) in [6.45, 7) is 0.